The van der Waals surface area contributed by atoms with Crippen LogP contribution in [0.25, 0.3) is 0 Å². The fraction of sp³-hybridized carbons (Fsp3) is 0.810. The number of aromatic hydroxyl groups is 2. The second kappa shape index (κ2) is 28.4. The molecule has 0 saturated carbocycles. The Kier molecular flexibility index (Phi) is 24.0. The van der Waals surface area contributed by atoms with Crippen molar-refractivity contribution < 1.29 is 48.3 Å². The van der Waals surface area contributed by atoms with Crippen LogP contribution in [0.1, 0.15) is 332 Å². The molecule has 2 aromatic rings. The molecule has 16 atom stereocenters. The van der Waals surface area contributed by atoms with E-state index in [1.54, 1.807) is 0 Å². The van der Waals surface area contributed by atoms with E-state index >= 15 is 19.2 Å². The Hall–Kier alpha value is -4.24. The summed E-state index contributed by atoms with van der Waals surface area (Å²) >= 11 is 0. The summed E-state index contributed by atoms with van der Waals surface area (Å²) in [4.78, 5) is 73.7. The summed E-state index contributed by atoms with van der Waals surface area (Å²) in [5, 5.41) is 41.4. The highest BCUT2D eigenvalue weighted by Crippen LogP contribution is 2.56. The molecule has 0 aromatic heterocycles. The van der Waals surface area contributed by atoms with Crippen LogP contribution in [0, 0.1) is 34.5 Å². The van der Waals surface area contributed by atoms with Gasteiger partial charge in [-0.25, -0.2) is 0 Å². The number of phenols is 2. The van der Waals surface area contributed by atoms with Crippen LogP contribution in [0.4, 0.5) is 0 Å². The lowest BCUT2D eigenvalue weighted by Crippen LogP contribution is -2.71. The summed E-state index contributed by atoms with van der Waals surface area (Å²) in [6.07, 6.45) is 2.01. The van der Waals surface area contributed by atoms with Crippen LogP contribution < -0.4 is 21.3 Å². The van der Waals surface area contributed by atoms with E-state index in [0.717, 1.165) is 0 Å². The minimum atomic E-state index is -3.01. The van der Waals surface area contributed by atoms with Gasteiger partial charge in [-0.05, 0) is 162 Å². The molecule has 14 nitrogen and oxygen atoms in total. The van der Waals surface area contributed by atoms with Crippen molar-refractivity contribution in [3.05, 3.63) is 57.6 Å². The van der Waals surface area contributed by atoms with Gasteiger partial charge >= 0.3 is 23.9 Å². The van der Waals surface area contributed by atoms with Crippen molar-refractivity contribution in [3.63, 3.8) is 0 Å². The van der Waals surface area contributed by atoms with E-state index in [4.69, 9.17) is 18.9 Å². The maximum atomic E-state index is 18.4. The SMILES string of the molecule is CCC1(C)CC(OC(=O)C(Cc2cc(C(C)(C)C)c(O)c(C(C)(C)C)c2)(C(=O)OC2CC(C)(CC)NC(C)(CC)C2C)C(Cc2cc(C(C)(C)C)c(O)c(C(C)(C)C)c2)(C(=O)OC2CC(C)(CC)NC(C)(CC)C2C)C(=O)OC2CC(C)(CC)NC(C)(CC)C2C)C(C)C(C)(CC)N1. The average molecular weight is 1370 g/mol. The third-order valence-electron chi connectivity index (χ3n) is 26.9. The average Bonchev–Trinajstić information content (AvgIpc) is 0.699. The Labute approximate surface area is 596 Å². The Bertz CT molecular complexity index is 2800. The maximum absolute atomic E-state index is 18.4. The number of hydrogen-bond donors (Lipinski definition) is 6. The van der Waals surface area contributed by atoms with Crippen molar-refractivity contribution >= 4 is 23.9 Å². The number of hydrogen-bond acceptors (Lipinski definition) is 14. The Balaban J connectivity index is 2.03. The van der Waals surface area contributed by atoms with E-state index in [0.29, 0.717) is 110 Å². The van der Waals surface area contributed by atoms with E-state index in [9.17, 15) is 10.2 Å². The molecule has 6 N–H and O–H groups in total. The molecule has 6 rings (SSSR count). The molecule has 558 valence electrons. The van der Waals surface area contributed by atoms with Gasteiger partial charge in [-0.1, -0.05) is 190 Å². The number of benzene rings is 2. The molecule has 4 aliphatic rings. The summed E-state index contributed by atoms with van der Waals surface area (Å²) in [6, 6.07) is 7.41. The highest BCUT2D eigenvalue weighted by molar-refractivity contribution is 6.15. The van der Waals surface area contributed by atoms with Gasteiger partial charge in [0.1, 0.15) is 35.9 Å². The standard InChI is InChI=1S/C84H142N4O10/c1-33-75(25)47-61(51(9)79(29,37-5)85-75)95-67(91)83(45-55-41-57(71(13,14)15)65(89)58(42-55)72(16,17)18,68(92)96-62-48-76(26,34-2)86-80(30,38-6)52(62)10)84(46-56-43-59(73(19,20)21)66(90)60(44-56)74(22,23)24,69(93)97-63-49-77(27,35-3)87-81(31,39-7)53(63)11)70(94)98-64-50-78(28,36-4)88-82(32,40-8)54(64)12/h41-44,51-54,61-64,85-90H,33-40,45-50H2,1-32H3. The predicted octanol–water partition coefficient (Wildman–Crippen LogP) is 17.6. The summed E-state index contributed by atoms with van der Waals surface area (Å²) in [5.41, 5.74) is -10.5. The number of esters is 4. The van der Waals surface area contributed by atoms with E-state index < -0.39 is 138 Å². The summed E-state index contributed by atoms with van der Waals surface area (Å²) in [7, 11) is 0. The van der Waals surface area contributed by atoms with Crippen molar-refractivity contribution in [1.82, 2.24) is 21.3 Å². The highest BCUT2D eigenvalue weighted by Gasteiger charge is 2.75. The molecule has 0 radical (unpaired) electrons. The molecule has 16 unspecified atom stereocenters. The van der Waals surface area contributed by atoms with Gasteiger partial charge in [0.15, 0.2) is 10.8 Å². The lowest BCUT2D eigenvalue weighted by molar-refractivity contribution is -0.220. The van der Waals surface area contributed by atoms with E-state index in [-0.39, 0.29) is 35.2 Å². The topological polar surface area (TPSA) is 194 Å². The second-order valence-corrected chi connectivity index (χ2v) is 38.2. The molecule has 14 heteroatoms. The smallest absolute Gasteiger partial charge is 0.325 e. The monoisotopic (exact) mass is 1370 g/mol. The molecule has 2 aromatic carbocycles. The van der Waals surface area contributed by atoms with Crippen molar-refractivity contribution in [1.29, 1.82) is 0 Å². The van der Waals surface area contributed by atoms with Gasteiger partial charge in [0.25, 0.3) is 0 Å². The zero-order valence-electron chi connectivity index (χ0n) is 68.0. The minimum Gasteiger partial charge on any atom is -0.507 e. The second-order valence-electron chi connectivity index (χ2n) is 38.2. The molecule has 4 saturated heterocycles. The molecule has 0 aliphatic carbocycles. The van der Waals surface area contributed by atoms with Crippen molar-refractivity contribution in [2.45, 2.75) is 402 Å². The number of nitrogens with one attached hydrogen (secondary N) is 4. The van der Waals surface area contributed by atoms with Crippen molar-refractivity contribution in [3.8, 4) is 11.5 Å². The van der Waals surface area contributed by atoms with Crippen LogP contribution in [-0.2, 0) is 72.6 Å². The van der Waals surface area contributed by atoms with Crippen LogP contribution >= 0.6 is 0 Å². The van der Waals surface area contributed by atoms with Gasteiger partial charge < -0.3 is 50.4 Å². The zero-order valence-corrected chi connectivity index (χ0v) is 68.0. The number of piperidine rings is 4. The maximum Gasteiger partial charge on any atom is 0.325 e. The fourth-order valence-electron chi connectivity index (χ4n) is 17.6. The fourth-order valence-corrected chi connectivity index (χ4v) is 17.6. The van der Waals surface area contributed by atoms with E-state index in [1.165, 1.54) is 0 Å². The molecular formula is C84H142N4O10. The largest absolute Gasteiger partial charge is 0.507 e. The first-order valence-corrected chi connectivity index (χ1v) is 38.3. The van der Waals surface area contributed by atoms with Crippen LogP contribution in [-0.4, -0.2) is 103 Å². The van der Waals surface area contributed by atoms with Crippen LogP contribution in [0.3, 0.4) is 0 Å². The first-order chi connectivity index (χ1) is 44.6. The van der Waals surface area contributed by atoms with Crippen molar-refractivity contribution in [2.75, 3.05) is 0 Å². The Morgan fingerprint density at radius 3 is 0.673 bits per heavy atom. The molecule has 0 spiro atoms. The third kappa shape index (κ3) is 15.8. The van der Waals surface area contributed by atoms with Crippen LogP contribution in [0.2, 0.25) is 0 Å². The van der Waals surface area contributed by atoms with Gasteiger partial charge in [-0.15, -0.1) is 0 Å². The van der Waals surface area contributed by atoms with Gasteiger partial charge in [0.05, 0.1) is 0 Å². The number of rotatable bonds is 21. The lowest BCUT2D eigenvalue weighted by atomic mass is 9.56. The molecular weight excluding hydrogens is 1220 g/mol. The summed E-state index contributed by atoms with van der Waals surface area (Å²) in [6.45, 7) is 66.7. The number of carbonyl (C=O) groups is 4. The molecule has 0 bridgehead atoms. The first-order valence-electron chi connectivity index (χ1n) is 38.3. The van der Waals surface area contributed by atoms with E-state index in [2.05, 4.69) is 160 Å². The summed E-state index contributed by atoms with van der Waals surface area (Å²) < 4.78 is 30.2. The molecule has 4 aliphatic heterocycles. The normalized spacial score (nSPS) is 35.6. The van der Waals surface area contributed by atoms with Gasteiger partial charge in [0.2, 0.25) is 0 Å². The van der Waals surface area contributed by atoms with Gasteiger partial charge in [-0.2, -0.15) is 0 Å². The summed E-state index contributed by atoms with van der Waals surface area (Å²) in [5.74, 6) is -5.69. The van der Waals surface area contributed by atoms with Gasteiger partial charge in [0, 0.05) is 107 Å². The minimum absolute atomic E-state index is 0.0706. The van der Waals surface area contributed by atoms with Gasteiger partial charge in [-0.3, -0.25) is 19.2 Å². The number of phenolic OH excluding ortho intramolecular Hbond substituents is 2. The van der Waals surface area contributed by atoms with Crippen LogP contribution in [0.5, 0.6) is 11.5 Å². The quantitative estimate of drug-likeness (QED) is 0.0393. The number of carbonyl (C=O) groups excluding carboxylic acids is 4. The molecule has 98 heavy (non-hydrogen) atoms. The Morgan fingerprint density at radius 2 is 0.531 bits per heavy atom. The molecule has 4 fully saturated rings. The molecule has 0 amide bonds. The highest BCUT2D eigenvalue weighted by atomic mass is 16.6. The lowest BCUT2D eigenvalue weighted by Gasteiger charge is -2.55. The predicted molar refractivity (Wildman–Crippen MR) is 400 cm³/mol. The Morgan fingerprint density at radius 1 is 0.357 bits per heavy atom. The van der Waals surface area contributed by atoms with Crippen LogP contribution in [0.15, 0.2) is 24.3 Å². The van der Waals surface area contributed by atoms with E-state index in [1.807, 2.05) is 107 Å². The number of ether oxygens (including phenoxy) is 4. The zero-order chi connectivity index (χ0) is 74.9. The van der Waals surface area contributed by atoms with Crippen molar-refractivity contribution in [2.24, 2.45) is 34.5 Å². The first kappa shape index (κ1) is 82.7. The third-order valence-corrected chi connectivity index (χ3v) is 26.9. The molecule has 4 heterocycles.